The lowest BCUT2D eigenvalue weighted by molar-refractivity contribution is -0.151. The van der Waals surface area contributed by atoms with Crippen LogP contribution in [0.5, 0.6) is 5.75 Å². The number of aliphatic hydroxyl groups is 1. The lowest BCUT2D eigenvalue weighted by atomic mass is 9.84. The number of hydrogen-bond acceptors (Lipinski definition) is 6. The Balaban J connectivity index is 1.25. The van der Waals surface area contributed by atoms with Gasteiger partial charge in [-0.2, -0.15) is 0 Å². The fraction of sp³-hybridized carbons (Fsp3) is 0.680. The van der Waals surface area contributed by atoms with Crippen LogP contribution in [0.2, 0.25) is 0 Å². The van der Waals surface area contributed by atoms with E-state index in [4.69, 9.17) is 14.2 Å². The molecule has 1 aromatic carbocycles. The number of urea groups is 1. The number of carbonyl (C=O) groups excluding carboxylic acids is 2. The molecule has 9 nitrogen and oxygen atoms in total. The van der Waals surface area contributed by atoms with E-state index in [2.05, 4.69) is 10.6 Å². The molecule has 3 fully saturated rings. The van der Waals surface area contributed by atoms with Gasteiger partial charge in [0.15, 0.2) is 0 Å². The molecular formula is C25H35N3O6. The highest BCUT2D eigenvalue weighted by atomic mass is 16.6. The van der Waals surface area contributed by atoms with E-state index >= 15 is 0 Å². The van der Waals surface area contributed by atoms with Gasteiger partial charge in [0.2, 0.25) is 5.91 Å². The van der Waals surface area contributed by atoms with Crippen LogP contribution in [-0.4, -0.2) is 79.2 Å². The molecule has 0 unspecified atom stereocenters. The van der Waals surface area contributed by atoms with Crippen molar-refractivity contribution in [2.24, 2.45) is 0 Å². The number of hydrogen-bond donors (Lipinski definition) is 3. The highest BCUT2D eigenvalue weighted by Crippen LogP contribution is 2.47. The van der Waals surface area contributed by atoms with Crippen LogP contribution >= 0.6 is 0 Å². The second-order valence-electron chi connectivity index (χ2n) is 9.79. The Bertz CT molecular complexity index is 883. The molecule has 4 aliphatic rings. The van der Waals surface area contributed by atoms with E-state index in [9.17, 15) is 14.7 Å². The summed E-state index contributed by atoms with van der Waals surface area (Å²) in [6, 6.07) is 5.72. The number of rotatable bonds is 5. The molecule has 34 heavy (non-hydrogen) atoms. The molecule has 2 saturated heterocycles. The molecular weight excluding hydrogens is 438 g/mol. The van der Waals surface area contributed by atoms with Crippen molar-refractivity contribution in [1.82, 2.24) is 10.2 Å². The molecule has 1 saturated carbocycles. The second kappa shape index (κ2) is 10.5. The number of benzene rings is 1. The topological polar surface area (TPSA) is 109 Å². The first-order chi connectivity index (χ1) is 16.6. The first kappa shape index (κ1) is 23.4. The number of nitrogens with one attached hydrogen (secondary N) is 2. The number of anilines is 1. The van der Waals surface area contributed by atoms with Crippen LogP contribution in [0.15, 0.2) is 18.2 Å². The van der Waals surface area contributed by atoms with Crippen molar-refractivity contribution in [2.75, 3.05) is 38.2 Å². The van der Waals surface area contributed by atoms with Crippen molar-refractivity contribution in [1.29, 1.82) is 0 Å². The molecule has 1 aliphatic carbocycles. The number of morpholine rings is 1. The fourth-order valence-electron chi connectivity index (χ4n) is 5.70. The van der Waals surface area contributed by atoms with Gasteiger partial charge in [-0.25, -0.2) is 4.79 Å². The molecule has 186 valence electrons. The summed E-state index contributed by atoms with van der Waals surface area (Å²) >= 11 is 0. The minimum Gasteiger partial charge on any atom is -0.487 e. The molecule has 0 bridgehead atoms. The van der Waals surface area contributed by atoms with E-state index in [0.29, 0.717) is 38.4 Å². The average Bonchev–Trinajstić information content (AvgIpc) is 3.22. The van der Waals surface area contributed by atoms with Gasteiger partial charge >= 0.3 is 6.03 Å². The summed E-state index contributed by atoms with van der Waals surface area (Å²) in [5, 5.41) is 16.0. The van der Waals surface area contributed by atoms with Gasteiger partial charge < -0.3 is 34.9 Å². The van der Waals surface area contributed by atoms with E-state index in [-0.39, 0.29) is 49.1 Å². The quantitative estimate of drug-likeness (QED) is 0.606. The summed E-state index contributed by atoms with van der Waals surface area (Å²) in [6.45, 7) is 2.15. The molecule has 5 rings (SSSR count). The molecule has 3 amide bonds. The third-order valence-electron chi connectivity index (χ3n) is 7.46. The summed E-state index contributed by atoms with van der Waals surface area (Å²) in [5.41, 5.74) is 1.70. The van der Waals surface area contributed by atoms with E-state index in [0.717, 1.165) is 37.0 Å². The molecule has 0 spiro atoms. The van der Waals surface area contributed by atoms with Crippen molar-refractivity contribution in [2.45, 2.75) is 75.2 Å². The molecule has 4 atom stereocenters. The van der Waals surface area contributed by atoms with Crippen LogP contribution in [0.4, 0.5) is 10.5 Å². The zero-order chi connectivity index (χ0) is 23.5. The van der Waals surface area contributed by atoms with Crippen LogP contribution in [-0.2, 0) is 14.3 Å². The van der Waals surface area contributed by atoms with E-state index < -0.39 is 6.10 Å². The molecule has 3 heterocycles. The zero-order valence-electron chi connectivity index (χ0n) is 19.5. The largest absolute Gasteiger partial charge is 0.487 e. The van der Waals surface area contributed by atoms with Crippen molar-refractivity contribution < 1.29 is 28.9 Å². The summed E-state index contributed by atoms with van der Waals surface area (Å²) < 4.78 is 17.6. The predicted octanol–water partition coefficient (Wildman–Crippen LogP) is 2.38. The third-order valence-corrected chi connectivity index (χ3v) is 7.46. The van der Waals surface area contributed by atoms with Gasteiger partial charge in [-0.3, -0.25) is 4.79 Å². The molecule has 9 heteroatoms. The van der Waals surface area contributed by atoms with Crippen LogP contribution in [0.25, 0.3) is 0 Å². The van der Waals surface area contributed by atoms with Gasteiger partial charge in [-0.1, -0.05) is 19.3 Å². The fourth-order valence-corrected chi connectivity index (χ4v) is 5.70. The van der Waals surface area contributed by atoms with Crippen molar-refractivity contribution in [3.8, 4) is 5.75 Å². The van der Waals surface area contributed by atoms with Gasteiger partial charge in [0, 0.05) is 36.3 Å². The van der Waals surface area contributed by atoms with Crippen LogP contribution in [0.1, 0.15) is 56.4 Å². The van der Waals surface area contributed by atoms with Crippen LogP contribution in [0, 0.1) is 0 Å². The Labute approximate surface area is 200 Å². The summed E-state index contributed by atoms with van der Waals surface area (Å²) in [4.78, 5) is 27.1. The molecule has 3 N–H and O–H groups in total. The van der Waals surface area contributed by atoms with Crippen LogP contribution < -0.4 is 15.4 Å². The average molecular weight is 474 g/mol. The Morgan fingerprint density at radius 2 is 1.91 bits per heavy atom. The van der Waals surface area contributed by atoms with E-state index in [1.165, 1.54) is 6.42 Å². The monoisotopic (exact) mass is 473 g/mol. The number of aliphatic hydroxyl groups excluding tert-OH is 1. The van der Waals surface area contributed by atoms with Crippen molar-refractivity contribution in [3.63, 3.8) is 0 Å². The molecule has 3 aliphatic heterocycles. The number of fused-ring (bicyclic) bond motifs is 3. The Morgan fingerprint density at radius 1 is 1.12 bits per heavy atom. The number of nitrogens with zero attached hydrogens (tertiary/aromatic N) is 1. The lowest BCUT2D eigenvalue weighted by Gasteiger charge is -2.38. The first-order valence-electron chi connectivity index (χ1n) is 12.6. The molecule has 0 radical (unpaired) electrons. The summed E-state index contributed by atoms with van der Waals surface area (Å²) in [5.74, 6) is 0.791. The van der Waals surface area contributed by atoms with Crippen molar-refractivity contribution in [3.05, 3.63) is 23.8 Å². The zero-order valence-corrected chi connectivity index (χ0v) is 19.5. The number of amides is 3. The number of carbonyl (C=O) groups is 2. The van der Waals surface area contributed by atoms with Crippen LogP contribution in [0.3, 0.4) is 0 Å². The SMILES string of the molecule is O=C(Nc1ccc2c(c1)[C@H]1C[C@@H](CC(=O)N3CCOCC3)O[C@@H](CO)[C@H]1O2)NC1CCCCC1. The maximum absolute atomic E-state index is 12.8. The van der Waals surface area contributed by atoms with E-state index in [1.54, 1.807) is 0 Å². The normalized spacial score (nSPS) is 29.0. The summed E-state index contributed by atoms with van der Waals surface area (Å²) in [7, 11) is 0. The summed E-state index contributed by atoms with van der Waals surface area (Å²) in [6.07, 6.45) is 5.42. The minimum atomic E-state index is -0.500. The Hall–Kier alpha value is -2.36. The highest BCUT2D eigenvalue weighted by molar-refractivity contribution is 5.89. The second-order valence-corrected chi connectivity index (χ2v) is 9.79. The van der Waals surface area contributed by atoms with Gasteiger partial charge in [-0.05, 0) is 37.5 Å². The van der Waals surface area contributed by atoms with Gasteiger partial charge in [0.05, 0.1) is 32.3 Å². The Morgan fingerprint density at radius 3 is 2.68 bits per heavy atom. The smallest absolute Gasteiger partial charge is 0.319 e. The van der Waals surface area contributed by atoms with Gasteiger partial charge in [-0.15, -0.1) is 0 Å². The Kier molecular flexibility index (Phi) is 7.22. The first-order valence-corrected chi connectivity index (χ1v) is 12.6. The lowest BCUT2D eigenvalue weighted by Crippen LogP contribution is -2.48. The minimum absolute atomic E-state index is 0.00783. The third kappa shape index (κ3) is 5.16. The van der Waals surface area contributed by atoms with Gasteiger partial charge in [0.1, 0.15) is 18.0 Å². The highest BCUT2D eigenvalue weighted by Gasteiger charge is 2.46. The predicted molar refractivity (Wildman–Crippen MR) is 125 cm³/mol. The van der Waals surface area contributed by atoms with Gasteiger partial charge in [0.25, 0.3) is 0 Å². The maximum Gasteiger partial charge on any atom is 0.319 e. The molecule has 0 aromatic heterocycles. The molecule has 1 aromatic rings. The number of ether oxygens (including phenoxy) is 3. The van der Waals surface area contributed by atoms with Crippen molar-refractivity contribution >= 4 is 17.6 Å². The standard InChI is InChI=1S/C25H35N3O6/c29-15-22-24-20(13-18(33-22)14-23(30)28-8-10-32-11-9-28)19-12-17(6-7-21(19)34-24)27-25(31)26-16-4-2-1-3-5-16/h6-7,12,16,18,20,22,24,29H,1-5,8-11,13-15H2,(H2,26,27,31)/t18-,20+,22-,24-/m0/s1. The maximum atomic E-state index is 12.8. The van der Waals surface area contributed by atoms with E-state index in [1.807, 2.05) is 23.1 Å².